The monoisotopic (exact) mass is 471 g/mol. The van der Waals surface area contributed by atoms with Crippen LogP contribution in [0, 0.1) is 0 Å². The highest BCUT2D eigenvalue weighted by Gasteiger charge is 2.67. The van der Waals surface area contributed by atoms with Crippen molar-refractivity contribution in [2.24, 2.45) is 0 Å². The lowest BCUT2D eigenvalue weighted by atomic mass is 9.92. The number of nitrogens with one attached hydrogen (secondary N) is 1. The number of amides is 2. The van der Waals surface area contributed by atoms with E-state index in [2.05, 4.69) is 11.4 Å². The maximum atomic E-state index is 13.9. The summed E-state index contributed by atoms with van der Waals surface area (Å²) < 4.78 is 0. The number of para-hydroxylation sites is 1. The molecule has 1 N–H and O–H groups in total. The first-order valence-electron chi connectivity index (χ1n) is 11.8. The summed E-state index contributed by atoms with van der Waals surface area (Å²) >= 11 is 6.09. The second-order valence-electron chi connectivity index (χ2n) is 9.43. The normalized spacial score (nSPS) is 23.3. The molecule has 2 amide bonds. The summed E-state index contributed by atoms with van der Waals surface area (Å²) in [6, 6.07) is 23.7. The zero-order valence-corrected chi connectivity index (χ0v) is 19.6. The number of hydrogen-bond acceptors (Lipinski definition) is 3. The lowest BCUT2D eigenvalue weighted by Gasteiger charge is -2.27. The molecule has 1 saturated heterocycles. The fourth-order valence-electron chi connectivity index (χ4n) is 5.64. The van der Waals surface area contributed by atoms with E-state index in [0.29, 0.717) is 17.1 Å². The fraction of sp³-hybridized carbons (Fsp3) is 0.286. The van der Waals surface area contributed by atoms with Crippen LogP contribution in [0.1, 0.15) is 39.4 Å². The van der Waals surface area contributed by atoms with E-state index in [1.54, 1.807) is 0 Å². The summed E-state index contributed by atoms with van der Waals surface area (Å²) in [4.78, 5) is 30.7. The minimum atomic E-state index is -0.501. The van der Waals surface area contributed by atoms with Gasteiger partial charge in [-0.2, -0.15) is 0 Å². The van der Waals surface area contributed by atoms with Crippen molar-refractivity contribution in [1.82, 2.24) is 10.2 Å². The molecule has 2 atom stereocenters. The third kappa shape index (κ3) is 3.42. The molecule has 0 bridgehead atoms. The van der Waals surface area contributed by atoms with Crippen molar-refractivity contribution >= 4 is 29.1 Å². The van der Waals surface area contributed by atoms with Crippen molar-refractivity contribution in [3.8, 4) is 0 Å². The number of nitrogens with zero attached hydrogens (tertiary/aromatic N) is 2. The Morgan fingerprint density at radius 1 is 1.00 bits per heavy atom. The van der Waals surface area contributed by atoms with Crippen molar-refractivity contribution in [2.45, 2.75) is 24.3 Å². The van der Waals surface area contributed by atoms with Gasteiger partial charge in [-0.1, -0.05) is 54.1 Å². The minimum Gasteiger partial charge on any atom is -0.336 e. The van der Waals surface area contributed by atoms with E-state index in [0.717, 1.165) is 55.0 Å². The molecule has 172 valence electrons. The van der Waals surface area contributed by atoms with E-state index < -0.39 is 5.41 Å². The molecular formula is C28H26ClN3O2. The predicted octanol–water partition coefficient (Wildman–Crippen LogP) is 4.36. The van der Waals surface area contributed by atoms with Gasteiger partial charge >= 0.3 is 0 Å². The SMILES string of the molecule is O=C(c1cccc(CN2C(=O)[C@@]3(C[C@H]3c3ccc(Cl)cc3)c3ccccc32)c1)N1CCNCC1. The zero-order chi connectivity index (χ0) is 23.3. The average Bonchev–Trinajstić information content (AvgIpc) is 3.59. The highest BCUT2D eigenvalue weighted by atomic mass is 35.5. The van der Waals surface area contributed by atoms with Gasteiger partial charge in [0.25, 0.3) is 5.91 Å². The fourth-order valence-corrected chi connectivity index (χ4v) is 5.76. The summed E-state index contributed by atoms with van der Waals surface area (Å²) in [5, 5.41) is 3.98. The number of carbonyl (C=O) groups is 2. The first-order chi connectivity index (χ1) is 16.6. The van der Waals surface area contributed by atoms with Gasteiger partial charge in [-0.3, -0.25) is 9.59 Å². The maximum Gasteiger partial charge on any atom is 0.253 e. The van der Waals surface area contributed by atoms with Gasteiger partial charge in [0, 0.05) is 48.4 Å². The molecule has 2 heterocycles. The third-order valence-electron chi connectivity index (χ3n) is 7.45. The van der Waals surface area contributed by atoms with E-state index in [4.69, 9.17) is 11.6 Å². The zero-order valence-electron chi connectivity index (χ0n) is 18.8. The predicted molar refractivity (Wildman–Crippen MR) is 133 cm³/mol. The Morgan fingerprint density at radius 2 is 1.76 bits per heavy atom. The first kappa shape index (κ1) is 21.4. The van der Waals surface area contributed by atoms with E-state index in [1.165, 1.54) is 0 Å². The number of benzene rings is 3. The Balaban J connectivity index is 1.28. The van der Waals surface area contributed by atoms with Crippen LogP contribution in [0.3, 0.4) is 0 Å². The molecule has 1 aliphatic carbocycles. The van der Waals surface area contributed by atoms with Crippen molar-refractivity contribution < 1.29 is 9.59 Å². The molecule has 2 aliphatic heterocycles. The number of hydrogen-bond donors (Lipinski definition) is 1. The smallest absolute Gasteiger partial charge is 0.253 e. The molecule has 3 aromatic rings. The average molecular weight is 472 g/mol. The quantitative estimate of drug-likeness (QED) is 0.615. The largest absolute Gasteiger partial charge is 0.336 e. The van der Waals surface area contributed by atoms with Gasteiger partial charge in [-0.25, -0.2) is 0 Å². The second-order valence-corrected chi connectivity index (χ2v) is 9.87. The van der Waals surface area contributed by atoms with Crippen LogP contribution in [-0.4, -0.2) is 42.9 Å². The molecule has 1 saturated carbocycles. The molecule has 34 heavy (non-hydrogen) atoms. The molecule has 0 radical (unpaired) electrons. The lowest BCUT2D eigenvalue weighted by Crippen LogP contribution is -2.46. The third-order valence-corrected chi connectivity index (χ3v) is 7.71. The van der Waals surface area contributed by atoms with Crippen LogP contribution in [0.15, 0.2) is 72.8 Å². The van der Waals surface area contributed by atoms with E-state index in [1.807, 2.05) is 76.5 Å². The Morgan fingerprint density at radius 3 is 2.56 bits per heavy atom. The van der Waals surface area contributed by atoms with Gasteiger partial charge in [0.2, 0.25) is 5.91 Å². The van der Waals surface area contributed by atoms with Gasteiger partial charge in [0.15, 0.2) is 0 Å². The van der Waals surface area contributed by atoms with Gasteiger partial charge in [0.05, 0.1) is 12.0 Å². The number of halogens is 1. The van der Waals surface area contributed by atoms with Crippen molar-refractivity contribution in [1.29, 1.82) is 0 Å². The number of fused-ring (bicyclic) bond motifs is 2. The molecule has 5 nitrogen and oxygen atoms in total. The molecular weight excluding hydrogens is 446 g/mol. The minimum absolute atomic E-state index is 0.0537. The summed E-state index contributed by atoms with van der Waals surface area (Å²) in [5.74, 6) is 0.356. The van der Waals surface area contributed by atoms with Gasteiger partial charge in [0.1, 0.15) is 0 Å². The van der Waals surface area contributed by atoms with Crippen LogP contribution in [0.2, 0.25) is 5.02 Å². The van der Waals surface area contributed by atoms with Crippen LogP contribution in [0.25, 0.3) is 0 Å². The van der Waals surface area contributed by atoms with Crippen molar-refractivity contribution in [3.05, 3.63) is 100 Å². The van der Waals surface area contributed by atoms with Crippen molar-refractivity contribution in [2.75, 3.05) is 31.1 Å². The Labute approximate surface area is 204 Å². The highest BCUT2D eigenvalue weighted by molar-refractivity contribution is 6.30. The molecule has 6 heteroatoms. The number of piperazine rings is 1. The summed E-state index contributed by atoms with van der Waals surface area (Å²) in [6.07, 6.45) is 0.808. The Bertz CT molecular complexity index is 1270. The van der Waals surface area contributed by atoms with Crippen LogP contribution < -0.4 is 10.2 Å². The summed E-state index contributed by atoms with van der Waals surface area (Å²) in [7, 11) is 0. The lowest BCUT2D eigenvalue weighted by molar-refractivity contribution is -0.120. The number of carbonyl (C=O) groups excluding carboxylic acids is 2. The molecule has 1 spiro atoms. The standard InChI is InChI=1S/C28H26ClN3O2/c29-22-10-8-20(9-11-22)24-17-28(24)23-6-1-2-7-25(23)32(27(28)34)18-19-4-3-5-21(16-19)26(33)31-14-12-30-13-15-31/h1-11,16,24,30H,12-15,17-18H2/t24-,28-/m0/s1. The van der Waals surface area contributed by atoms with Gasteiger partial charge in [-0.05, 0) is 53.4 Å². The summed E-state index contributed by atoms with van der Waals surface area (Å²) in [5.41, 5.74) is 4.37. The molecule has 3 aliphatic rings. The van der Waals surface area contributed by atoms with E-state index >= 15 is 0 Å². The highest BCUT2D eigenvalue weighted by Crippen LogP contribution is 2.66. The second kappa shape index (κ2) is 8.26. The van der Waals surface area contributed by atoms with Crippen LogP contribution in [0.5, 0.6) is 0 Å². The Kier molecular flexibility index (Phi) is 5.19. The first-order valence-corrected chi connectivity index (χ1v) is 12.2. The van der Waals surface area contributed by atoms with Crippen LogP contribution in [0.4, 0.5) is 5.69 Å². The van der Waals surface area contributed by atoms with E-state index in [9.17, 15) is 9.59 Å². The topological polar surface area (TPSA) is 52.7 Å². The molecule has 3 aromatic carbocycles. The molecule has 6 rings (SSSR count). The Hall–Kier alpha value is -3.15. The number of anilines is 1. The molecule has 0 aromatic heterocycles. The number of rotatable bonds is 4. The van der Waals surface area contributed by atoms with Crippen LogP contribution in [-0.2, 0) is 16.8 Å². The summed E-state index contributed by atoms with van der Waals surface area (Å²) in [6.45, 7) is 3.53. The van der Waals surface area contributed by atoms with Gasteiger partial charge < -0.3 is 15.1 Å². The van der Waals surface area contributed by atoms with Crippen LogP contribution >= 0.6 is 11.6 Å². The molecule has 0 unspecified atom stereocenters. The maximum absolute atomic E-state index is 13.9. The van der Waals surface area contributed by atoms with Gasteiger partial charge in [-0.15, -0.1) is 0 Å². The van der Waals surface area contributed by atoms with E-state index in [-0.39, 0.29) is 17.7 Å². The van der Waals surface area contributed by atoms with Crippen molar-refractivity contribution in [3.63, 3.8) is 0 Å². The molecule has 2 fully saturated rings.